The first-order valence-electron chi connectivity index (χ1n) is 14.2. The highest BCUT2D eigenvalue weighted by Gasteiger charge is 2.14. The normalized spacial score (nSPS) is 11.4. The van der Waals surface area contributed by atoms with Crippen LogP contribution in [0, 0.1) is 0 Å². The summed E-state index contributed by atoms with van der Waals surface area (Å²) in [4.78, 5) is 36.5. The Labute approximate surface area is 254 Å². The van der Waals surface area contributed by atoms with Gasteiger partial charge in [-0.1, -0.05) is 65.9 Å². The van der Waals surface area contributed by atoms with Crippen LogP contribution in [0.3, 0.4) is 0 Å². The van der Waals surface area contributed by atoms with Crippen LogP contribution in [0.25, 0.3) is 0 Å². The van der Waals surface area contributed by atoms with Crippen molar-refractivity contribution in [3.8, 4) is 0 Å². The van der Waals surface area contributed by atoms with Crippen molar-refractivity contribution in [2.45, 2.75) is 58.5 Å². The Kier molecular flexibility index (Phi) is 11.7. The fraction of sp³-hybridized carbons (Fsp3) is 0.323. The van der Waals surface area contributed by atoms with E-state index in [0.29, 0.717) is 17.5 Å². The van der Waals surface area contributed by atoms with Gasteiger partial charge in [0.25, 0.3) is 0 Å². The summed E-state index contributed by atoms with van der Waals surface area (Å²) in [6, 6.07) is 20.6. The molecule has 0 radical (unpaired) electrons. The van der Waals surface area contributed by atoms with Crippen molar-refractivity contribution in [2.75, 3.05) is 17.2 Å². The summed E-state index contributed by atoms with van der Waals surface area (Å²) in [5.74, 6) is 0.0981. The number of nitrogens with one attached hydrogen (secondary N) is 3. The first kappa shape index (κ1) is 31.2. The maximum Gasteiger partial charge on any atom is 0.407 e. The predicted molar refractivity (Wildman–Crippen MR) is 165 cm³/mol. The van der Waals surface area contributed by atoms with Gasteiger partial charge in [0.1, 0.15) is 11.1 Å². The first-order valence-corrected chi connectivity index (χ1v) is 15.0. The van der Waals surface area contributed by atoms with E-state index in [-0.39, 0.29) is 24.7 Å². The number of hydrogen-bond donors (Lipinski definition) is 3. The van der Waals surface area contributed by atoms with Gasteiger partial charge in [-0.3, -0.25) is 9.59 Å². The van der Waals surface area contributed by atoms with Gasteiger partial charge in [0.05, 0.1) is 18.5 Å². The first-order chi connectivity index (χ1) is 20.9. The third kappa shape index (κ3) is 10.6. The minimum Gasteiger partial charge on any atom is -0.442 e. The van der Waals surface area contributed by atoms with Crippen LogP contribution < -0.4 is 16.0 Å². The second kappa shape index (κ2) is 16.1. The summed E-state index contributed by atoms with van der Waals surface area (Å²) >= 11 is 1.36. The maximum absolute atomic E-state index is 12.6. The molecular formula is C31H35N7O4S. The highest BCUT2D eigenvalue weighted by atomic mass is 32.1. The molecule has 0 saturated carbocycles. The van der Waals surface area contributed by atoms with E-state index in [4.69, 9.17) is 4.74 Å². The van der Waals surface area contributed by atoms with E-state index in [9.17, 15) is 14.4 Å². The third-order valence-corrected chi connectivity index (χ3v) is 7.27. The van der Waals surface area contributed by atoms with Gasteiger partial charge in [-0.25, -0.2) is 4.79 Å². The minimum atomic E-state index is -0.477. The zero-order chi connectivity index (χ0) is 30.4. The fourth-order valence-corrected chi connectivity index (χ4v) is 5.03. The number of nitrogens with zero attached hydrogens (tertiary/aromatic N) is 4. The molecule has 0 aliphatic rings. The molecule has 0 saturated heterocycles. The Morgan fingerprint density at radius 1 is 0.814 bits per heavy atom. The average Bonchev–Trinajstić information content (AvgIpc) is 3.43. The summed E-state index contributed by atoms with van der Waals surface area (Å²) in [5, 5.41) is 26.2. The molecule has 1 unspecified atom stereocenters. The van der Waals surface area contributed by atoms with Gasteiger partial charge in [0, 0.05) is 13.0 Å². The molecule has 11 nitrogen and oxygen atoms in total. The number of benzene rings is 2. The Morgan fingerprint density at radius 2 is 1.56 bits per heavy atom. The van der Waals surface area contributed by atoms with Gasteiger partial charge in [-0.15, -0.1) is 15.3 Å². The molecule has 2 aromatic carbocycles. The van der Waals surface area contributed by atoms with E-state index in [1.54, 1.807) is 13.0 Å². The van der Waals surface area contributed by atoms with Crippen LogP contribution in [-0.2, 0) is 40.0 Å². The van der Waals surface area contributed by atoms with Crippen LogP contribution in [-0.4, -0.2) is 44.8 Å². The molecule has 0 fully saturated rings. The molecule has 43 heavy (non-hydrogen) atoms. The maximum atomic E-state index is 12.6. The number of rotatable bonds is 14. The summed E-state index contributed by atoms with van der Waals surface area (Å²) in [6.45, 7) is 4.10. The van der Waals surface area contributed by atoms with Crippen molar-refractivity contribution in [3.63, 3.8) is 0 Å². The third-order valence-electron chi connectivity index (χ3n) is 6.37. The van der Waals surface area contributed by atoms with Crippen LogP contribution >= 0.6 is 11.3 Å². The van der Waals surface area contributed by atoms with Gasteiger partial charge >= 0.3 is 6.09 Å². The van der Waals surface area contributed by atoms with Crippen molar-refractivity contribution in [2.24, 2.45) is 0 Å². The molecule has 0 bridgehead atoms. The van der Waals surface area contributed by atoms with Crippen LogP contribution in [0.4, 0.5) is 15.7 Å². The lowest BCUT2D eigenvalue weighted by Gasteiger charge is -2.14. The summed E-state index contributed by atoms with van der Waals surface area (Å²) < 4.78 is 5.35. The van der Waals surface area contributed by atoms with Crippen molar-refractivity contribution < 1.29 is 19.1 Å². The molecule has 12 heteroatoms. The van der Waals surface area contributed by atoms with E-state index in [2.05, 4.69) is 36.3 Å². The van der Waals surface area contributed by atoms with Crippen molar-refractivity contribution in [1.82, 2.24) is 25.7 Å². The largest absolute Gasteiger partial charge is 0.442 e. The number of aryl methyl sites for hydroxylation is 2. The van der Waals surface area contributed by atoms with Crippen molar-refractivity contribution >= 4 is 40.2 Å². The van der Waals surface area contributed by atoms with Gasteiger partial charge in [-0.05, 0) is 61.9 Å². The second-order valence-electron chi connectivity index (χ2n) is 9.88. The fourth-order valence-electron chi connectivity index (χ4n) is 4.24. The van der Waals surface area contributed by atoms with E-state index in [1.807, 2.05) is 67.6 Å². The number of carbonyl (C=O) groups excluding carboxylic acids is 3. The number of carbonyl (C=O) groups is 3. The molecule has 3 amide bonds. The lowest BCUT2D eigenvalue weighted by atomic mass is 10.0. The van der Waals surface area contributed by atoms with Crippen molar-refractivity contribution in [1.29, 1.82) is 0 Å². The quantitative estimate of drug-likeness (QED) is 0.170. The molecule has 2 heterocycles. The highest BCUT2D eigenvalue weighted by molar-refractivity contribution is 7.15. The minimum absolute atomic E-state index is 0.135. The van der Waals surface area contributed by atoms with E-state index < -0.39 is 12.2 Å². The molecule has 3 N–H and O–H groups in total. The number of ether oxygens (including phenoxy) is 1. The molecule has 1 atom stereocenters. The van der Waals surface area contributed by atoms with Crippen LogP contribution in [0.1, 0.15) is 60.2 Å². The van der Waals surface area contributed by atoms with Gasteiger partial charge in [0.15, 0.2) is 5.82 Å². The summed E-state index contributed by atoms with van der Waals surface area (Å²) in [7, 11) is 0. The Bertz CT molecular complexity index is 1500. The topological polar surface area (TPSA) is 148 Å². The van der Waals surface area contributed by atoms with Gasteiger partial charge in [0.2, 0.25) is 16.9 Å². The van der Waals surface area contributed by atoms with E-state index >= 15 is 0 Å². The lowest BCUT2D eigenvalue weighted by Crippen LogP contribution is -2.24. The highest BCUT2D eigenvalue weighted by Crippen LogP contribution is 2.20. The summed E-state index contributed by atoms with van der Waals surface area (Å²) in [6.07, 6.45) is 2.77. The van der Waals surface area contributed by atoms with Gasteiger partial charge in [-0.2, -0.15) is 5.10 Å². The monoisotopic (exact) mass is 601 g/mol. The Hall–Kier alpha value is -4.71. The Morgan fingerprint density at radius 3 is 2.33 bits per heavy atom. The van der Waals surface area contributed by atoms with Crippen LogP contribution in [0.15, 0.2) is 66.7 Å². The molecule has 2 aromatic heterocycles. The molecular weight excluding hydrogens is 566 g/mol. The molecule has 0 spiro atoms. The SMILES string of the molecule is CCNC(=O)OC(C)c1cccc(CC(=O)Nc2nnc(CCCCc3ccc(NC(=O)Cc4ccccc4)nn3)s2)c1. The molecule has 224 valence electrons. The average molecular weight is 602 g/mol. The predicted octanol–water partition coefficient (Wildman–Crippen LogP) is 5.06. The molecule has 0 aliphatic carbocycles. The van der Waals surface area contributed by atoms with E-state index in [1.165, 1.54) is 11.3 Å². The zero-order valence-electron chi connectivity index (χ0n) is 24.2. The van der Waals surface area contributed by atoms with Gasteiger partial charge < -0.3 is 20.7 Å². The molecule has 0 aliphatic heterocycles. The van der Waals surface area contributed by atoms with Crippen LogP contribution in [0.5, 0.6) is 0 Å². The zero-order valence-corrected chi connectivity index (χ0v) is 25.0. The number of hydrogen-bond acceptors (Lipinski definition) is 9. The number of aromatic nitrogens is 4. The number of alkyl carbamates (subject to hydrolysis) is 1. The smallest absolute Gasteiger partial charge is 0.407 e. The number of anilines is 2. The molecule has 4 aromatic rings. The Balaban J connectivity index is 1.15. The number of amides is 3. The summed E-state index contributed by atoms with van der Waals surface area (Å²) in [5.41, 5.74) is 3.40. The number of unbranched alkanes of at least 4 members (excludes halogenated alkanes) is 1. The van der Waals surface area contributed by atoms with E-state index in [0.717, 1.165) is 53.1 Å². The molecule has 4 rings (SSSR count). The lowest BCUT2D eigenvalue weighted by molar-refractivity contribution is -0.116. The van der Waals surface area contributed by atoms with Crippen molar-refractivity contribution in [3.05, 3.63) is 94.1 Å². The van der Waals surface area contributed by atoms with Crippen LogP contribution in [0.2, 0.25) is 0 Å². The second-order valence-corrected chi connectivity index (χ2v) is 10.9. The standard InChI is InChI=1S/C31H35N7O4S/c1-3-32-31(41)42-21(2)24-13-9-12-23(18-24)20-28(40)34-30-38-37-29(43-30)15-8-7-14-25-16-17-26(36-35-25)33-27(39)19-22-10-5-4-6-11-22/h4-6,9-13,16-18,21H,3,7-8,14-15,19-20H2,1-2H3,(H,32,41)(H,33,36,39)(H,34,38,40).